The molecule has 0 aliphatic carbocycles. The van der Waals surface area contributed by atoms with E-state index in [1.54, 1.807) is 0 Å². The third kappa shape index (κ3) is 2.55. The monoisotopic (exact) mass is 311 g/mol. The molecule has 0 saturated carbocycles. The van der Waals surface area contributed by atoms with Crippen molar-refractivity contribution in [2.75, 3.05) is 7.05 Å². The predicted octanol–water partition coefficient (Wildman–Crippen LogP) is 5.08. The van der Waals surface area contributed by atoms with Crippen LogP contribution in [-0.2, 0) is 0 Å². The van der Waals surface area contributed by atoms with Crippen LogP contribution in [0.1, 0.15) is 16.5 Å². The van der Waals surface area contributed by atoms with Crippen molar-refractivity contribution in [2.24, 2.45) is 0 Å². The highest BCUT2D eigenvalue weighted by atomic mass is 35.5. The Morgan fingerprint density at radius 1 is 1.12 bits per heavy atom. The average Bonchev–Trinajstić information content (AvgIpc) is 2.76. The second-order valence-electron chi connectivity index (χ2n) is 3.14. The Labute approximate surface area is 117 Å². The molecule has 1 N–H and O–H groups in total. The largest absolute Gasteiger partial charge is 0.309 e. The molecule has 16 heavy (non-hydrogen) atoms. The van der Waals surface area contributed by atoms with E-state index in [4.69, 9.17) is 34.8 Å². The van der Waals surface area contributed by atoms with Crippen LogP contribution in [0.5, 0.6) is 0 Å². The second kappa shape index (κ2) is 5.25. The molecule has 0 bridgehead atoms. The van der Waals surface area contributed by atoms with Gasteiger partial charge in [-0.1, -0.05) is 34.8 Å². The molecular formula is C10H8Cl3NS2. The lowest BCUT2D eigenvalue weighted by Crippen LogP contribution is -2.15. The van der Waals surface area contributed by atoms with E-state index < -0.39 is 0 Å². The highest BCUT2D eigenvalue weighted by Crippen LogP contribution is 2.39. The molecule has 2 aromatic rings. The van der Waals surface area contributed by atoms with Crippen molar-refractivity contribution >= 4 is 57.5 Å². The minimum atomic E-state index is 0.0498. The third-order valence-electron chi connectivity index (χ3n) is 2.16. The molecule has 2 rings (SSSR count). The minimum Gasteiger partial charge on any atom is -0.309 e. The van der Waals surface area contributed by atoms with Gasteiger partial charge < -0.3 is 5.32 Å². The molecule has 0 aliphatic heterocycles. The van der Waals surface area contributed by atoms with E-state index in [0.717, 1.165) is 14.8 Å². The van der Waals surface area contributed by atoms with Gasteiger partial charge in [-0.3, -0.25) is 0 Å². The topological polar surface area (TPSA) is 12.0 Å². The van der Waals surface area contributed by atoms with E-state index >= 15 is 0 Å². The van der Waals surface area contributed by atoms with Gasteiger partial charge in [-0.25, -0.2) is 0 Å². The summed E-state index contributed by atoms with van der Waals surface area (Å²) in [5, 5.41) is 3.22. The van der Waals surface area contributed by atoms with Crippen molar-refractivity contribution in [3.63, 3.8) is 0 Å². The minimum absolute atomic E-state index is 0.0498. The first-order valence-electron chi connectivity index (χ1n) is 4.49. The van der Waals surface area contributed by atoms with E-state index in [1.807, 2.05) is 25.2 Å². The highest BCUT2D eigenvalue weighted by molar-refractivity contribution is 7.20. The standard InChI is InChI=1S/C10H8Cl3NS2/c1-14-9(6-2-3-7(11)15-6)5-4-8(12)16-10(5)13/h2-4,9,14H,1H3. The fraction of sp³-hybridized carbons (Fsp3) is 0.200. The zero-order valence-electron chi connectivity index (χ0n) is 8.26. The second-order valence-corrected chi connectivity index (χ2v) is 7.18. The van der Waals surface area contributed by atoms with Crippen molar-refractivity contribution in [1.82, 2.24) is 5.32 Å². The first kappa shape index (κ1) is 12.7. The zero-order valence-corrected chi connectivity index (χ0v) is 12.2. The average molecular weight is 313 g/mol. The normalized spacial score (nSPS) is 13.0. The van der Waals surface area contributed by atoms with Crippen molar-refractivity contribution in [3.05, 3.63) is 41.6 Å². The summed E-state index contributed by atoms with van der Waals surface area (Å²) in [6.07, 6.45) is 0. The number of hydrogen-bond acceptors (Lipinski definition) is 3. The Morgan fingerprint density at radius 3 is 2.31 bits per heavy atom. The van der Waals surface area contributed by atoms with Crippen molar-refractivity contribution in [3.8, 4) is 0 Å². The molecule has 0 fully saturated rings. The third-order valence-corrected chi connectivity index (χ3v) is 4.98. The van der Waals surface area contributed by atoms with E-state index in [2.05, 4.69) is 5.32 Å². The quantitative estimate of drug-likeness (QED) is 0.833. The van der Waals surface area contributed by atoms with Crippen molar-refractivity contribution in [2.45, 2.75) is 6.04 Å². The van der Waals surface area contributed by atoms with E-state index in [0.29, 0.717) is 8.67 Å². The lowest BCUT2D eigenvalue weighted by atomic mass is 10.1. The van der Waals surface area contributed by atoms with E-state index in [9.17, 15) is 0 Å². The summed E-state index contributed by atoms with van der Waals surface area (Å²) in [5.41, 5.74) is 0.998. The first-order chi connectivity index (χ1) is 7.61. The van der Waals surface area contributed by atoms with Gasteiger partial charge in [-0.2, -0.15) is 0 Å². The molecule has 0 spiro atoms. The summed E-state index contributed by atoms with van der Waals surface area (Å²) in [5.74, 6) is 0. The summed E-state index contributed by atoms with van der Waals surface area (Å²) in [7, 11) is 1.89. The van der Waals surface area contributed by atoms with E-state index in [-0.39, 0.29) is 6.04 Å². The van der Waals surface area contributed by atoms with Crippen LogP contribution in [0.2, 0.25) is 13.0 Å². The molecular weight excluding hydrogens is 305 g/mol. The maximum absolute atomic E-state index is 6.14. The number of hydrogen-bond donors (Lipinski definition) is 1. The highest BCUT2D eigenvalue weighted by Gasteiger charge is 2.19. The van der Waals surface area contributed by atoms with Gasteiger partial charge in [0, 0.05) is 10.4 Å². The van der Waals surface area contributed by atoms with Gasteiger partial charge in [0.05, 0.1) is 19.1 Å². The van der Waals surface area contributed by atoms with Crippen molar-refractivity contribution in [1.29, 1.82) is 0 Å². The van der Waals surface area contributed by atoms with Gasteiger partial charge in [0.1, 0.15) is 0 Å². The molecule has 6 heteroatoms. The van der Waals surface area contributed by atoms with Crippen LogP contribution >= 0.6 is 57.5 Å². The molecule has 0 aromatic carbocycles. The smallest absolute Gasteiger partial charge is 0.0995 e. The van der Waals surface area contributed by atoms with Gasteiger partial charge in [0.15, 0.2) is 0 Å². The Balaban J connectivity index is 2.40. The Morgan fingerprint density at radius 2 is 1.88 bits per heavy atom. The van der Waals surface area contributed by atoms with Crippen LogP contribution in [-0.4, -0.2) is 7.05 Å². The summed E-state index contributed by atoms with van der Waals surface area (Å²) in [6.45, 7) is 0. The van der Waals surface area contributed by atoms with Crippen LogP contribution in [0, 0.1) is 0 Å². The van der Waals surface area contributed by atoms with E-state index in [1.165, 1.54) is 22.7 Å². The number of rotatable bonds is 3. The van der Waals surface area contributed by atoms with Gasteiger partial charge in [-0.05, 0) is 25.2 Å². The lowest BCUT2D eigenvalue weighted by molar-refractivity contribution is 0.706. The lowest BCUT2D eigenvalue weighted by Gasteiger charge is -2.13. The summed E-state index contributed by atoms with van der Waals surface area (Å²) in [6, 6.07) is 5.82. The van der Waals surface area contributed by atoms with Crippen LogP contribution in [0.3, 0.4) is 0 Å². The molecule has 0 saturated heterocycles. The SMILES string of the molecule is CNC(c1ccc(Cl)s1)c1cc(Cl)sc1Cl. The molecule has 0 amide bonds. The predicted molar refractivity (Wildman–Crippen MR) is 74.6 cm³/mol. The molecule has 1 nitrogen and oxygen atoms in total. The molecule has 1 unspecified atom stereocenters. The maximum atomic E-state index is 6.14. The van der Waals surface area contributed by atoms with Gasteiger partial charge >= 0.3 is 0 Å². The van der Waals surface area contributed by atoms with Crippen LogP contribution in [0.4, 0.5) is 0 Å². The first-order valence-corrected chi connectivity index (χ1v) is 7.25. The van der Waals surface area contributed by atoms with Crippen LogP contribution < -0.4 is 5.32 Å². The molecule has 1 atom stereocenters. The fourth-order valence-corrected chi connectivity index (χ4v) is 4.21. The molecule has 0 aliphatic rings. The van der Waals surface area contributed by atoms with Gasteiger partial charge in [0.25, 0.3) is 0 Å². The van der Waals surface area contributed by atoms with Crippen LogP contribution in [0.15, 0.2) is 18.2 Å². The molecule has 0 radical (unpaired) electrons. The number of halogens is 3. The van der Waals surface area contributed by atoms with Gasteiger partial charge in [-0.15, -0.1) is 22.7 Å². The maximum Gasteiger partial charge on any atom is 0.0995 e. The molecule has 2 aromatic heterocycles. The van der Waals surface area contributed by atoms with Crippen LogP contribution in [0.25, 0.3) is 0 Å². The Kier molecular flexibility index (Phi) is 4.16. The fourth-order valence-electron chi connectivity index (χ4n) is 1.48. The Hall–Kier alpha value is 0.230. The van der Waals surface area contributed by atoms with Crippen molar-refractivity contribution < 1.29 is 0 Å². The number of thiophene rings is 2. The number of nitrogens with one attached hydrogen (secondary N) is 1. The Bertz CT molecular complexity index is 492. The summed E-state index contributed by atoms with van der Waals surface area (Å²) < 4.78 is 2.18. The van der Waals surface area contributed by atoms with Gasteiger partial charge in [0.2, 0.25) is 0 Å². The zero-order chi connectivity index (χ0) is 11.7. The summed E-state index contributed by atoms with van der Waals surface area (Å²) in [4.78, 5) is 1.13. The summed E-state index contributed by atoms with van der Waals surface area (Å²) >= 11 is 20.9. The molecule has 2 heterocycles. The molecule has 86 valence electrons.